The van der Waals surface area contributed by atoms with Crippen molar-refractivity contribution in [2.45, 2.75) is 64.4 Å². The highest BCUT2D eigenvalue weighted by molar-refractivity contribution is 5.69. The third-order valence-electron chi connectivity index (χ3n) is 3.00. The van der Waals surface area contributed by atoms with Crippen molar-refractivity contribution in [3.63, 3.8) is 0 Å². The van der Waals surface area contributed by atoms with Crippen LogP contribution in [0.3, 0.4) is 0 Å². The summed E-state index contributed by atoms with van der Waals surface area (Å²) >= 11 is 0. The fourth-order valence-electron chi connectivity index (χ4n) is 2.23. The summed E-state index contributed by atoms with van der Waals surface area (Å²) in [5, 5.41) is 0. The summed E-state index contributed by atoms with van der Waals surface area (Å²) < 4.78 is 31.5. The molecule has 0 spiro atoms. The second-order valence-electron chi connectivity index (χ2n) is 6.28. The highest BCUT2D eigenvalue weighted by atomic mass is 19.3. The molecule has 1 aliphatic heterocycles. The second-order valence-corrected chi connectivity index (χ2v) is 6.28. The number of halogens is 2. The Kier molecular flexibility index (Phi) is 5.71. The molecule has 5 heteroatoms. The SMILES string of the molecule is CC(C)(C)OC(=O)CCCCN1CCCC(F)(F)C1. The van der Waals surface area contributed by atoms with Gasteiger partial charge in [0.05, 0.1) is 6.54 Å². The van der Waals surface area contributed by atoms with Crippen LogP contribution in [0.5, 0.6) is 0 Å². The number of unbranched alkanes of at least 4 members (excludes halogenated alkanes) is 1. The van der Waals surface area contributed by atoms with E-state index < -0.39 is 11.5 Å². The molecular weight excluding hydrogens is 252 g/mol. The van der Waals surface area contributed by atoms with Gasteiger partial charge in [0.1, 0.15) is 5.60 Å². The van der Waals surface area contributed by atoms with Gasteiger partial charge in [-0.1, -0.05) is 0 Å². The predicted octanol–water partition coefficient (Wildman–Crippen LogP) is 3.23. The smallest absolute Gasteiger partial charge is 0.306 e. The van der Waals surface area contributed by atoms with Crippen LogP contribution in [0.25, 0.3) is 0 Å². The Morgan fingerprint density at radius 2 is 2.00 bits per heavy atom. The number of rotatable bonds is 5. The molecule has 0 radical (unpaired) electrons. The molecule has 1 heterocycles. The molecule has 112 valence electrons. The summed E-state index contributed by atoms with van der Waals surface area (Å²) in [6, 6.07) is 0. The summed E-state index contributed by atoms with van der Waals surface area (Å²) in [7, 11) is 0. The molecule has 1 rings (SSSR count). The number of nitrogens with zero attached hydrogens (tertiary/aromatic N) is 1. The average molecular weight is 277 g/mol. The number of hydrogen-bond acceptors (Lipinski definition) is 3. The van der Waals surface area contributed by atoms with E-state index in [0.717, 1.165) is 13.0 Å². The monoisotopic (exact) mass is 277 g/mol. The molecule has 0 unspecified atom stereocenters. The van der Waals surface area contributed by atoms with Crippen molar-refractivity contribution in [3.05, 3.63) is 0 Å². The zero-order valence-corrected chi connectivity index (χ0v) is 12.2. The number of carbonyl (C=O) groups excluding carboxylic acids is 1. The maximum Gasteiger partial charge on any atom is 0.306 e. The van der Waals surface area contributed by atoms with E-state index in [1.165, 1.54) is 0 Å². The van der Waals surface area contributed by atoms with E-state index >= 15 is 0 Å². The molecule has 3 nitrogen and oxygen atoms in total. The van der Waals surface area contributed by atoms with Crippen molar-refractivity contribution in [3.8, 4) is 0 Å². The van der Waals surface area contributed by atoms with Crippen LogP contribution in [0, 0.1) is 0 Å². The molecule has 1 aliphatic rings. The van der Waals surface area contributed by atoms with E-state index in [0.29, 0.717) is 25.8 Å². The van der Waals surface area contributed by atoms with Gasteiger partial charge in [0.25, 0.3) is 5.92 Å². The second kappa shape index (κ2) is 6.64. The van der Waals surface area contributed by atoms with Crippen LogP contribution in [0.1, 0.15) is 52.9 Å². The van der Waals surface area contributed by atoms with Crippen LogP contribution in [0.15, 0.2) is 0 Å². The molecular formula is C14H25F2NO2. The lowest BCUT2D eigenvalue weighted by Crippen LogP contribution is -2.42. The predicted molar refractivity (Wildman–Crippen MR) is 70.3 cm³/mol. The van der Waals surface area contributed by atoms with Gasteiger partial charge in [-0.3, -0.25) is 9.69 Å². The van der Waals surface area contributed by atoms with Gasteiger partial charge in [0, 0.05) is 12.8 Å². The van der Waals surface area contributed by atoms with E-state index in [1.807, 2.05) is 20.8 Å². The summed E-state index contributed by atoms with van der Waals surface area (Å²) in [6.45, 7) is 6.74. The lowest BCUT2D eigenvalue weighted by atomic mass is 10.1. The molecule has 0 bridgehead atoms. The number of esters is 1. The van der Waals surface area contributed by atoms with E-state index in [2.05, 4.69) is 0 Å². The number of hydrogen-bond donors (Lipinski definition) is 0. The topological polar surface area (TPSA) is 29.5 Å². The first kappa shape index (κ1) is 16.3. The molecule has 0 N–H and O–H groups in total. The molecule has 1 fully saturated rings. The van der Waals surface area contributed by atoms with E-state index in [-0.39, 0.29) is 18.9 Å². The Morgan fingerprint density at radius 3 is 2.58 bits per heavy atom. The van der Waals surface area contributed by atoms with E-state index in [9.17, 15) is 13.6 Å². The highest BCUT2D eigenvalue weighted by Crippen LogP contribution is 2.26. The molecule has 1 saturated heterocycles. The number of alkyl halides is 2. The molecule has 0 aromatic rings. The van der Waals surface area contributed by atoms with Crippen molar-refractivity contribution in [1.29, 1.82) is 0 Å². The lowest BCUT2D eigenvalue weighted by Gasteiger charge is -2.32. The van der Waals surface area contributed by atoms with Crippen molar-refractivity contribution >= 4 is 5.97 Å². The number of carbonyl (C=O) groups is 1. The van der Waals surface area contributed by atoms with Gasteiger partial charge in [-0.15, -0.1) is 0 Å². The van der Waals surface area contributed by atoms with Gasteiger partial charge >= 0.3 is 5.97 Å². The Balaban J connectivity index is 2.12. The van der Waals surface area contributed by atoms with Crippen molar-refractivity contribution < 1.29 is 18.3 Å². The zero-order valence-electron chi connectivity index (χ0n) is 12.2. The first-order valence-corrected chi connectivity index (χ1v) is 7.00. The molecule has 0 aliphatic carbocycles. The molecule has 0 saturated carbocycles. The van der Waals surface area contributed by atoms with E-state index in [1.54, 1.807) is 4.90 Å². The van der Waals surface area contributed by atoms with Crippen LogP contribution < -0.4 is 0 Å². The lowest BCUT2D eigenvalue weighted by molar-refractivity contribution is -0.155. The van der Waals surface area contributed by atoms with Gasteiger partial charge in [-0.25, -0.2) is 8.78 Å². The largest absolute Gasteiger partial charge is 0.460 e. The summed E-state index contributed by atoms with van der Waals surface area (Å²) in [6.07, 6.45) is 2.37. The fourth-order valence-corrected chi connectivity index (χ4v) is 2.23. The van der Waals surface area contributed by atoms with Gasteiger partial charge < -0.3 is 4.74 Å². The standard InChI is InChI=1S/C14H25F2NO2/c1-13(2,3)19-12(18)7-4-5-9-17-10-6-8-14(15,16)11-17/h4-11H2,1-3H3. The number of ether oxygens (including phenoxy) is 1. The molecule has 0 amide bonds. The third-order valence-corrected chi connectivity index (χ3v) is 3.00. The van der Waals surface area contributed by atoms with E-state index in [4.69, 9.17) is 4.74 Å². The molecule has 19 heavy (non-hydrogen) atoms. The maximum atomic E-state index is 13.2. The Bertz CT molecular complexity index is 300. The van der Waals surface area contributed by atoms with Crippen LogP contribution in [-0.4, -0.2) is 42.0 Å². The Labute approximate surface area is 114 Å². The highest BCUT2D eigenvalue weighted by Gasteiger charge is 2.34. The minimum absolute atomic E-state index is 0.00140. The van der Waals surface area contributed by atoms with Gasteiger partial charge in [0.2, 0.25) is 0 Å². The van der Waals surface area contributed by atoms with Crippen LogP contribution in [0.2, 0.25) is 0 Å². The van der Waals surface area contributed by atoms with Gasteiger partial charge in [-0.05, 0) is 53.1 Å². The summed E-state index contributed by atoms with van der Waals surface area (Å²) in [5.41, 5.74) is -0.452. The normalized spacial score (nSPS) is 20.3. The van der Waals surface area contributed by atoms with Crippen molar-refractivity contribution in [2.24, 2.45) is 0 Å². The molecule has 0 aromatic carbocycles. The van der Waals surface area contributed by atoms with Crippen LogP contribution in [0.4, 0.5) is 8.78 Å². The minimum Gasteiger partial charge on any atom is -0.460 e. The Morgan fingerprint density at radius 1 is 1.32 bits per heavy atom. The zero-order chi connectivity index (χ0) is 14.5. The van der Waals surface area contributed by atoms with Crippen LogP contribution in [-0.2, 0) is 9.53 Å². The maximum absolute atomic E-state index is 13.2. The first-order valence-electron chi connectivity index (χ1n) is 7.00. The van der Waals surface area contributed by atoms with Crippen molar-refractivity contribution in [2.75, 3.05) is 19.6 Å². The quantitative estimate of drug-likeness (QED) is 0.571. The fraction of sp³-hybridized carbons (Fsp3) is 0.929. The molecule has 0 atom stereocenters. The summed E-state index contributed by atoms with van der Waals surface area (Å²) in [4.78, 5) is 13.2. The number of likely N-dealkylation sites (tertiary alicyclic amines) is 1. The first-order chi connectivity index (χ1) is 8.68. The van der Waals surface area contributed by atoms with Crippen molar-refractivity contribution in [1.82, 2.24) is 4.90 Å². The number of piperidine rings is 1. The third kappa shape index (κ3) is 7.45. The summed E-state index contributed by atoms with van der Waals surface area (Å²) in [5.74, 6) is -2.75. The minimum atomic E-state index is -2.54. The van der Waals surface area contributed by atoms with Gasteiger partial charge in [0.15, 0.2) is 0 Å². The average Bonchev–Trinajstić information content (AvgIpc) is 2.20. The Hall–Kier alpha value is -0.710. The van der Waals surface area contributed by atoms with Gasteiger partial charge in [-0.2, -0.15) is 0 Å². The molecule has 0 aromatic heterocycles. The van der Waals surface area contributed by atoms with Crippen LogP contribution >= 0.6 is 0 Å².